The van der Waals surface area contributed by atoms with Gasteiger partial charge in [0.15, 0.2) is 0 Å². The van der Waals surface area contributed by atoms with E-state index in [0.29, 0.717) is 168 Å². The number of amides is 3. The highest BCUT2D eigenvalue weighted by Gasteiger charge is 2.44. The van der Waals surface area contributed by atoms with Crippen LogP contribution in [0, 0.1) is 60.6 Å². The van der Waals surface area contributed by atoms with Gasteiger partial charge in [-0.25, -0.2) is 4.39 Å². The molecule has 34 heteroatoms. The molecular formula is C88H103Cl2F4N21O7. The van der Waals surface area contributed by atoms with E-state index in [4.69, 9.17) is 67.3 Å². The van der Waals surface area contributed by atoms with Crippen molar-refractivity contribution in [2.45, 2.75) is 159 Å². The van der Waals surface area contributed by atoms with Crippen molar-refractivity contribution in [2.24, 2.45) is 0 Å². The van der Waals surface area contributed by atoms with Crippen LogP contribution >= 0.6 is 23.2 Å². The highest BCUT2D eigenvalue weighted by atomic mass is 35.5. The van der Waals surface area contributed by atoms with Crippen LogP contribution in [0.2, 0.25) is 10.0 Å². The van der Waals surface area contributed by atoms with Crippen molar-refractivity contribution in [1.29, 1.82) is 15.8 Å². The highest BCUT2D eigenvalue weighted by Crippen LogP contribution is 2.48. The summed E-state index contributed by atoms with van der Waals surface area (Å²) in [5.74, 6) is 0.571. The second-order valence-electron chi connectivity index (χ2n) is 33.7. The summed E-state index contributed by atoms with van der Waals surface area (Å²) in [6, 6.07) is 16.0. The molecule has 3 amide bonds. The Hall–Kier alpha value is -10.7. The minimum absolute atomic E-state index is 0.0146. The molecule has 0 aliphatic carbocycles. The quantitative estimate of drug-likeness (QED) is 0.0461. The van der Waals surface area contributed by atoms with E-state index in [9.17, 15) is 39.7 Å². The van der Waals surface area contributed by atoms with E-state index < -0.39 is 35.0 Å². The molecule has 1 N–H and O–H groups in total. The maximum absolute atomic E-state index is 15.6. The molecule has 6 aromatic rings. The Morgan fingerprint density at radius 2 is 0.885 bits per heavy atom. The topological polar surface area (TPSA) is 287 Å². The van der Waals surface area contributed by atoms with E-state index in [1.54, 1.807) is 32.6 Å². The first-order valence-corrected chi connectivity index (χ1v) is 42.6. The van der Waals surface area contributed by atoms with E-state index in [0.717, 1.165) is 51.3 Å². The monoisotopic (exact) mass is 1710 g/mol. The number of nitrogens with zero attached hydrogens (tertiary/aromatic N) is 21. The number of aliphatic hydroxyl groups is 1. The fourth-order valence-corrected chi connectivity index (χ4v) is 20.1. The second kappa shape index (κ2) is 36.4. The Morgan fingerprint density at radius 1 is 0.500 bits per heavy atom. The second-order valence-corrected chi connectivity index (χ2v) is 34.5. The first-order valence-electron chi connectivity index (χ1n) is 41.9. The van der Waals surface area contributed by atoms with Crippen LogP contribution in [0.4, 0.5) is 52.1 Å². The molecule has 9 aliphatic heterocycles. The summed E-state index contributed by atoms with van der Waals surface area (Å²) in [7, 11) is 5.92. The van der Waals surface area contributed by atoms with Gasteiger partial charge in [0.05, 0.1) is 125 Å². The van der Waals surface area contributed by atoms with Crippen LogP contribution < -0.4 is 43.6 Å². The number of aliphatic hydroxyl groups excluding tert-OH is 1. The van der Waals surface area contributed by atoms with Crippen LogP contribution in [0.15, 0.2) is 74.4 Å². The van der Waals surface area contributed by atoms with E-state index in [1.807, 2.05) is 43.8 Å². The summed E-state index contributed by atoms with van der Waals surface area (Å²) >= 11 is 14.3. The predicted octanol–water partition coefficient (Wildman–Crippen LogP) is 9.66. The Balaban J connectivity index is 0.669. The number of carbonyl (C=O) groups excluding carboxylic acids is 3. The van der Waals surface area contributed by atoms with Gasteiger partial charge >= 0.3 is 24.2 Å². The number of benzene rings is 3. The van der Waals surface area contributed by atoms with Gasteiger partial charge < -0.3 is 63.4 Å². The molecular weight excluding hydrogens is 1610 g/mol. The largest absolute Gasteiger partial charge is 0.462 e. The molecule has 15 rings (SSSR count). The SMILES string of the molecule is C=CC(=O)N1CCN(c2nc(OC[C@@H]3CC(c4cc(C)c(Cl)c(N5CCc6c(nc(OC[C@@H]7CC(c8cc(Cl)c(C(F)(F)F)c(N9CCc%10c(nc(OC[C@@H]%11C[C@@H](O)CN%11C)nc%10N%10CCN(C(=O)C=C)[C@@H](CC#N)C%10)C9)c8)CN7C)nc6N6CCN(C(=O)C=C)[C@@H](CC#N)C6)C5)c4)CN3C)nc3c2CCN(c2ccc(F)c(C)c2C)C3)C[C@@H]1CC#N. The number of hydrogen-bond acceptors (Lipinski definition) is 25. The molecule has 0 radical (unpaired) electrons. The standard InChI is InChI=1S/C88H103Cl2F4N21O7/c1-10-77(117)113-30-27-110(42-59(113)15-21-95)82-66-18-24-107(74-14-13-70(91)53(5)54(74)6)46-71(66)98-85(101-82)120-49-62-34-57(40-104(62)7)55-33-52(4)81(90)76(38-55)109-26-20-68-73(48-109)100-86(102-84(68)112-29-32-115(79(119)12-3)61(44-112)17-23-97)121-50-63-35-58(41-105(63)8)56-36-69(89)80(88(92,93)94)75(37-56)108-25-19-67-72(47-108)99-87(122-51-64-39-65(116)45-106(64)9)103-83(67)111-28-31-114(78(118)11-2)60(43-111)16-22-96/h10-14,33,36-38,57-65,116H,1-3,15-20,24-32,34-35,39-51H2,4-9H3/t57?,58?,59-,60-,61-,62-,63-,64-,65+/m0/s1. The molecule has 6 fully saturated rings. The molecule has 3 aromatic carbocycles. The first kappa shape index (κ1) is 86.3. The Bertz CT molecular complexity index is 5180. The number of fused-ring (bicyclic) bond motifs is 3. The normalized spacial score (nSPS) is 23.4. The number of nitriles is 3. The number of β-amino-alcohol motifs (C(OH)–C–C–N with tert-alkyl or cyclic N) is 1. The minimum atomic E-state index is -4.85. The average molecular weight is 1710 g/mol. The van der Waals surface area contributed by atoms with E-state index in [2.05, 4.69) is 86.5 Å². The Kier molecular flexibility index (Phi) is 25.8. The summed E-state index contributed by atoms with van der Waals surface area (Å²) in [4.78, 5) is 93.5. The third kappa shape index (κ3) is 17.8. The lowest BCUT2D eigenvalue weighted by molar-refractivity contribution is -0.137. The zero-order valence-electron chi connectivity index (χ0n) is 69.8. The molecule has 0 spiro atoms. The maximum atomic E-state index is 15.6. The number of piperazine rings is 3. The van der Waals surface area contributed by atoms with Crippen molar-refractivity contribution >= 4 is 75.4 Å². The third-order valence-corrected chi connectivity index (χ3v) is 27.1. The zero-order chi connectivity index (χ0) is 86.3. The van der Waals surface area contributed by atoms with Crippen molar-refractivity contribution < 1.29 is 51.3 Å². The van der Waals surface area contributed by atoms with Crippen LogP contribution in [0.5, 0.6) is 18.0 Å². The molecule has 2 unspecified atom stereocenters. The number of anilines is 6. The molecule has 644 valence electrons. The van der Waals surface area contributed by atoms with Crippen molar-refractivity contribution in [2.75, 3.05) is 169 Å². The van der Waals surface area contributed by atoms with Crippen LogP contribution in [0.1, 0.15) is 118 Å². The molecule has 0 saturated carbocycles. The van der Waals surface area contributed by atoms with Gasteiger partial charge in [-0.15, -0.1) is 0 Å². The molecule has 3 aromatic heterocycles. The average Bonchev–Trinajstić information content (AvgIpc) is 1.07. The first-order chi connectivity index (χ1) is 58.6. The Morgan fingerprint density at radius 3 is 1.28 bits per heavy atom. The van der Waals surface area contributed by atoms with Gasteiger partial charge in [-0.3, -0.25) is 29.1 Å². The number of rotatable bonds is 23. The van der Waals surface area contributed by atoms with Gasteiger partial charge in [-0.2, -0.15) is 58.9 Å². The maximum Gasteiger partial charge on any atom is 0.419 e. The summed E-state index contributed by atoms with van der Waals surface area (Å²) in [6.07, 6.45) is 1.68. The fourth-order valence-electron chi connectivity index (χ4n) is 19.5. The highest BCUT2D eigenvalue weighted by molar-refractivity contribution is 6.34. The van der Waals surface area contributed by atoms with Gasteiger partial charge in [-0.05, 0) is 169 Å². The van der Waals surface area contributed by atoms with Gasteiger partial charge in [0.1, 0.15) is 43.1 Å². The zero-order valence-corrected chi connectivity index (χ0v) is 71.3. The van der Waals surface area contributed by atoms with Gasteiger partial charge in [0.25, 0.3) is 0 Å². The number of likely N-dealkylation sites (N-methyl/N-ethyl adjacent to an activating group) is 3. The number of halogens is 6. The van der Waals surface area contributed by atoms with E-state index >= 15 is 13.2 Å². The number of carbonyl (C=O) groups is 3. The molecule has 0 bridgehead atoms. The van der Waals surface area contributed by atoms with Crippen LogP contribution in [-0.4, -0.2) is 264 Å². The van der Waals surface area contributed by atoms with E-state index in [-0.39, 0.29) is 155 Å². The molecule has 28 nitrogen and oxygen atoms in total. The van der Waals surface area contributed by atoms with Crippen molar-refractivity contribution in [1.82, 2.24) is 59.3 Å². The van der Waals surface area contributed by atoms with Crippen LogP contribution in [0.3, 0.4) is 0 Å². The van der Waals surface area contributed by atoms with Crippen LogP contribution in [-0.2, 0) is 59.5 Å². The number of likely N-dealkylation sites (tertiary alicyclic amines) is 3. The lowest BCUT2D eigenvalue weighted by Gasteiger charge is -2.42. The van der Waals surface area contributed by atoms with Crippen molar-refractivity contribution in [3.05, 3.63) is 157 Å². The number of aromatic nitrogens is 6. The Labute approximate surface area is 718 Å². The van der Waals surface area contributed by atoms with Gasteiger partial charge in [0.2, 0.25) is 17.7 Å². The fraction of sp³-hybridized carbons (Fsp3) is 0.523. The lowest BCUT2D eigenvalue weighted by Crippen LogP contribution is -2.55. The molecule has 122 heavy (non-hydrogen) atoms. The summed E-state index contributed by atoms with van der Waals surface area (Å²) < 4.78 is 81.6. The van der Waals surface area contributed by atoms with Gasteiger partial charge in [0, 0.05) is 139 Å². The summed E-state index contributed by atoms with van der Waals surface area (Å²) in [5, 5.41) is 40.5. The predicted molar refractivity (Wildman–Crippen MR) is 454 cm³/mol. The third-order valence-electron chi connectivity index (χ3n) is 26.3. The number of alkyl halides is 3. The summed E-state index contributed by atoms with van der Waals surface area (Å²) in [5.41, 5.74) is 9.29. The van der Waals surface area contributed by atoms with Crippen molar-refractivity contribution in [3.63, 3.8) is 0 Å². The lowest BCUT2D eigenvalue weighted by atomic mass is 9.93. The number of hydrogen-bond donors (Lipinski definition) is 1. The number of ether oxygens (including phenoxy) is 3. The minimum Gasteiger partial charge on any atom is -0.462 e. The molecule has 6 saturated heterocycles. The molecule has 9 atom stereocenters. The van der Waals surface area contributed by atoms with Crippen LogP contribution in [0.25, 0.3) is 0 Å². The van der Waals surface area contributed by atoms with Crippen molar-refractivity contribution in [3.8, 4) is 36.2 Å². The molecule has 9 aliphatic rings. The van der Waals surface area contributed by atoms with Gasteiger partial charge in [-0.1, -0.05) is 49.0 Å². The summed E-state index contributed by atoms with van der Waals surface area (Å²) in [6.45, 7) is 24.2. The van der Waals surface area contributed by atoms with E-state index in [1.165, 1.54) is 30.4 Å². The molecule has 12 heterocycles. The smallest absolute Gasteiger partial charge is 0.419 e. The number of aryl methyl sites for hydroxylation is 1.